The van der Waals surface area contributed by atoms with Crippen molar-refractivity contribution >= 4 is 28.6 Å². The SMILES string of the molecule is COc1ccc(/C=C(/C(=O)c2ccccc2)n2nnc3ccccc32)cc1. The molecule has 0 spiro atoms. The zero-order valence-electron chi connectivity index (χ0n) is 14.7. The van der Waals surface area contributed by atoms with Crippen LogP contribution in [0.25, 0.3) is 22.8 Å². The quantitative estimate of drug-likeness (QED) is 0.395. The van der Waals surface area contributed by atoms with Crippen molar-refractivity contribution in [1.29, 1.82) is 0 Å². The number of para-hydroxylation sites is 1. The molecule has 0 saturated carbocycles. The van der Waals surface area contributed by atoms with Crippen molar-refractivity contribution in [2.45, 2.75) is 0 Å². The maximum Gasteiger partial charge on any atom is 0.211 e. The van der Waals surface area contributed by atoms with Crippen LogP contribution in [0.3, 0.4) is 0 Å². The van der Waals surface area contributed by atoms with Gasteiger partial charge in [0.1, 0.15) is 17.0 Å². The Kier molecular flexibility index (Phi) is 4.49. The van der Waals surface area contributed by atoms with Crippen LogP contribution in [0.4, 0.5) is 0 Å². The molecule has 1 heterocycles. The number of hydrogen-bond donors (Lipinski definition) is 0. The average Bonchev–Trinajstić information content (AvgIpc) is 3.16. The van der Waals surface area contributed by atoms with Gasteiger partial charge in [0.15, 0.2) is 0 Å². The van der Waals surface area contributed by atoms with Gasteiger partial charge in [0.25, 0.3) is 0 Å². The Labute approximate surface area is 156 Å². The number of Topliss-reactive ketones (excluding diaryl/α,β-unsaturated/α-hetero) is 1. The summed E-state index contributed by atoms with van der Waals surface area (Å²) in [7, 11) is 1.62. The lowest BCUT2D eigenvalue weighted by molar-refractivity contribution is 0.105. The van der Waals surface area contributed by atoms with Gasteiger partial charge in [-0.15, -0.1) is 5.10 Å². The third-order valence-electron chi connectivity index (χ3n) is 4.27. The Hall–Kier alpha value is -3.73. The number of benzene rings is 3. The maximum absolute atomic E-state index is 13.2. The number of carbonyl (C=O) groups excluding carboxylic acids is 1. The molecule has 0 fully saturated rings. The van der Waals surface area contributed by atoms with Gasteiger partial charge in [0.05, 0.1) is 12.6 Å². The van der Waals surface area contributed by atoms with Crippen molar-refractivity contribution in [3.8, 4) is 5.75 Å². The highest BCUT2D eigenvalue weighted by atomic mass is 16.5. The number of nitrogens with zero attached hydrogens (tertiary/aromatic N) is 3. The lowest BCUT2D eigenvalue weighted by Gasteiger charge is -2.08. The van der Waals surface area contributed by atoms with Crippen LogP contribution in [0, 0.1) is 0 Å². The summed E-state index contributed by atoms with van der Waals surface area (Å²) in [4.78, 5) is 13.2. The predicted octanol–water partition coefficient (Wildman–Crippen LogP) is 4.32. The molecule has 4 aromatic rings. The average molecular weight is 355 g/mol. The van der Waals surface area contributed by atoms with Crippen LogP contribution in [0.1, 0.15) is 15.9 Å². The van der Waals surface area contributed by atoms with E-state index in [1.165, 1.54) is 0 Å². The molecule has 5 heteroatoms. The van der Waals surface area contributed by atoms with Gasteiger partial charge in [-0.3, -0.25) is 4.79 Å². The lowest BCUT2D eigenvalue weighted by atomic mass is 10.1. The molecule has 0 radical (unpaired) electrons. The van der Waals surface area contributed by atoms with Gasteiger partial charge in [-0.1, -0.05) is 59.8 Å². The number of allylic oxidation sites excluding steroid dienone is 1. The van der Waals surface area contributed by atoms with E-state index in [0.29, 0.717) is 11.3 Å². The molecule has 0 bridgehead atoms. The van der Waals surface area contributed by atoms with Crippen LogP contribution in [0.5, 0.6) is 5.75 Å². The smallest absolute Gasteiger partial charge is 0.211 e. The number of rotatable bonds is 5. The summed E-state index contributed by atoms with van der Waals surface area (Å²) in [5, 5.41) is 8.41. The summed E-state index contributed by atoms with van der Waals surface area (Å²) in [6.45, 7) is 0. The third-order valence-corrected chi connectivity index (χ3v) is 4.27. The summed E-state index contributed by atoms with van der Waals surface area (Å²) in [5.74, 6) is 0.636. The zero-order valence-corrected chi connectivity index (χ0v) is 14.7. The maximum atomic E-state index is 13.2. The second-order valence-corrected chi connectivity index (χ2v) is 5.99. The zero-order chi connectivity index (χ0) is 18.6. The molecule has 3 aromatic carbocycles. The number of carbonyl (C=O) groups is 1. The second kappa shape index (κ2) is 7.25. The number of aromatic nitrogens is 3. The van der Waals surface area contributed by atoms with Gasteiger partial charge in [-0.25, -0.2) is 4.68 Å². The fourth-order valence-electron chi connectivity index (χ4n) is 2.87. The summed E-state index contributed by atoms with van der Waals surface area (Å²) in [6, 6.07) is 24.2. The van der Waals surface area contributed by atoms with E-state index in [4.69, 9.17) is 4.74 Å². The van der Waals surface area contributed by atoms with E-state index >= 15 is 0 Å². The molecular formula is C22H17N3O2. The molecule has 27 heavy (non-hydrogen) atoms. The van der Waals surface area contributed by atoms with E-state index in [-0.39, 0.29) is 5.78 Å². The highest BCUT2D eigenvalue weighted by Crippen LogP contribution is 2.22. The van der Waals surface area contributed by atoms with Crippen molar-refractivity contribution in [3.05, 3.63) is 90.0 Å². The third kappa shape index (κ3) is 3.35. The van der Waals surface area contributed by atoms with Crippen LogP contribution >= 0.6 is 0 Å². The molecule has 0 amide bonds. The first-order chi connectivity index (χ1) is 13.3. The van der Waals surface area contributed by atoms with Gasteiger partial charge >= 0.3 is 0 Å². The van der Waals surface area contributed by atoms with Crippen LogP contribution in [0.15, 0.2) is 78.9 Å². The Morgan fingerprint density at radius 2 is 1.63 bits per heavy atom. The molecule has 0 saturated heterocycles. The van der Waals surface area contributed by atoms with Crippen molar-refractivity contribution < 1.29 is 9.53 Å². The molecule has 4 rings (SSSR count). The molecule has 0 unspecified atom stereocenters. The largest absolute Gasteiger partial charge is 0.497 e. The molecule has 0 aliphatic heterocycles. The highest BCUT2D eigenvalue weighted by molar-refractivity contribution is 6.28. The first-order valence-electron chi connectivity index (χ1n) is 8.52. The molecule has 0 atom stereocenters. The highest BCUT2D eigenvalue weighted by Gasteiger charge is 2.18. The fraction of sp³-hybridized carbons (Fsp3) is 0.0455. The van der Waals surface area contributed by atoms with Gasteiger partial charge < -0.3 is 4.74 Å². The van der Waals surface area contributed by atoms with Crippen LogP contribution in [-0.4, -0.2) is 27.9 Å². The summed E-state index contributed by atoms with van der Waals surface area (Å²) >= 11 is 0. The van der Waals surface area contributed by atoms with Gasteiger partial charge in [0, 0.05) is 5.56 Å². The number of ketones is 1. The van der Waals surface area contributed by atoms with E-state index < -0.39 is 0 Å². The molecule has 5 nitrogen and oxygen atoms in total. The minimum Gasteiger partial charge on any atom is -0.497 e. The van der Waals surface area contributed by atoms with E-state index in [0.717, 1.165) is 22.3 Å². The van der Waals surface area contributed by atoms with Crippen molar-refractivity contribution in [1.82, 2.24) is 15.0 Å². The van der Waals surface area contributed by atoms with Crippen molar-refractivity contribution in [3.63, 3.8) is 0 Å². The standard InChI is InChI=1S/C22H17N3O2/c1-27-18-13-11-16(12-14-18)15-21(22(26)17-7-3-2-4-8-17)25-20-10-6-5-9-19(20)23-24-25/h2-15H,1H3/b21-15-. The lowest BCUT2D eigenvalue weighted by Crippen LogP contribution is -2.11. The molecule has 0 aliphatic rings. The first kappa shape index (κ1) is 16.7. The van der Waals surface area contributed by atoms with Crippen molar-refractivity contribution in [2.75, 3.05) is 7.11 Å². The monoisotopic (exact) mass is 355 g/mol. The number of ether oxygens (including phenoxy) is 1. The topological polar surface area (TPSA) is 57.0 Å². The number of hydrogen-bond acceptors (Lipinski definition) is 4. The van der Waals surface area contributed by atoms with Crippen LogP contribution in [0.2, 0.25) is 0 Å². The summed E-state index contributed by atoms with van der Waals surface area (Å²) < 4.78 is 6.80. The summed E-state index contributed by atoms with van der Waals surface area (Å²) in [5.41, 5.74) is 3.41. The molecule has 0 N–H and O–H groups in total. The molecule has 132 valence electrons. The number of methoxy groups -OCH3 is 1. The Bertz CT molecular complexity index is 1110. The molecular weight excluding hydrogens is 338 g/mol. The van der Waals surface area contributed by atoms with Gasteiger partial charge in [-0.2, -0.15) is 0 Å². The van der Waals surface area contributed by atoms with E-state index in [2.05, 4.69) is 10.3 Å². The van der Waals surface area contributed by atoms with Crippen LogP contribution in [-0.2, 0) is 0 Å². The van der Waals surface area contributed by atoms with E-state index in [1.807, 2.05) is 72.8 Å². The van der Waals surface area contributed by atoms with E-state index in [1.54, 1.807) is 23.9 Å². The predicted molar refractivity (Wildman–Crippen MR) is 105 cm³/mol. The fourth-order valence-corrected chi connectivity index (χ4v) is 2.87. The number of fused-ring (bicyclic) bond motifs is 1. The summed E-state index contributed by atoms with van der Waals surface area (Å²) in [6.07, 6.45) is 1.82. The Morgan fingerprint density at radius 1 is 0.926 bits per heavy atom. The first-order valence-corrected chi connectivity index (χ1v) is 8.52. The van der Waals surface area contributed by atoms with E-state index in [9.17, 15) is 4.79 Å². The van der Waals surface area contributed by atoms with Crippen molar-refractivity contribution in [2.24, 2.45) is 0 Å². The minimum atomic E-state index is -0.123. The minimum absolute atomic E-state index is 0.123. The van der Waals surface area contributed by atoms with Crippen LogP contribution < -0.4 is 4.74 Å². The Balaban J connectivity index is 1.86. The molecule has 0 aliphatic carbocycles. The normalized spacial score (nSPS) is 11.5. The van der Waals surface area contributed by atoms with Gasteiger partial charge in [0.2, 0.25) is 5.78 Å². The molecule has 1 aromatic heterocycles. The van der Waals surface area contributed by atoms with Gasteiger partial charge in [-0.05, 0) is 35.9 Å². The second-order valence-electron chi connectivity index (χ2n) is 5.99. The Morgan fingerprint density at radius 3 is 2.37 bits per heavy atom.